The monoisotopic (exact) mass is 507 g/mol. The van der Waals surface area contributed by atoms with Gasteiger partial charge in [0.1, 0.15) is 0 Å². The lowest BCUT2D eigenvalue weighted by Gasteiger charge is -2.19. The van der Waals surface area contributed by atoms with Crippen molar-refractivity contribution in [1.29, 1.82) is 0 Å². The zero-order valence-corrected chi connectivity index (χ0v) is 21.9. The summed E-state index contributed by atoms with van der Waals surface area (Å²) in [6.07, 6.45) is 3.74. The summed E-state index contributed by atoms with van der Waals surface area (Å²) in [6, 6.07) is 50.7. The summed E-state index contributed by atoms with van der Waals surface area (Å²) in [5, 5.41) is 7.80. The third kappa shape index (κ3) is 3.60. The molecule has 0 aliphatic carbocycles. The molecular formula is C39H25N. The fourth-order valence-corrected chi connectivity index (χ4v) is 6.27. The summed E-state index contributed by atoms with van der Waals surface area (Å²) >= 11 is 0. The first-order valence-corrected chi connectivity index (χ1v) is 13.7. The predicted molar refractivity (Wildman–Crippen MR) is 170 cm³/mol. The number of rotatable bonds is 4. The molecule has 186 valence electrons. The number of benzene rings is 7. The second kappa shape index (κ2) is 9.18. The lowest BCUT2D eigenvalue weighted by atomic mass is 9.84. The van der Waals surface area contributed by atoms with Gasteiger partial charge in [0, 0.05) is 12.4 Å². The fraction of sp³-hybridized carbons (Fsp3) is 0. The van der Waals surface area contributed by atoms with Crippen LogP contribution in [0.1, 0.15) is 0 Å². The van der Waals surface area contributed by atoms with Crippen LogP contribution in [0.15, 0.2) is 152 Å². The zero-order valence-electron chi connectivity index (χ0n) is 21.9. The van der Waals surface area contributed by atoms with Crippen molar-refractivity contribution in [2.75, 3.05) is 0 Å². The van der Waals surface area contributed by atoms with Gasteiger partial charge in [0.2, 0.25) is 0 Å². The zero-order chi connectivity index (χ0) is 26.5. The average molecular weight is 508 g/mol. The van der Waals surface area contributed by atoms with Crippen LogP contribution in [0.2, 0.25) is 0 Å². The molecule has 1 heterocycles. The second-order valence-corrected chi connectivity index (χ2v) is 10.4. The number of pyridine rings is 1. The molecule has 0 amide bonds. The highest BCUT2D eigenvalue weighted by molar-refractivity contribution is 6.28. The van der Waals surface area contributed by atoms with Crippen LogP contribution in [0.3, 0.4) is 0 Å². The van der Waals surface area contributed by atoms with Gasteiger partial charge in [0.05, 0.1) is 0 Å². The lowest BCUT2D eigenvalue weighted by molar-refractivity contribution is 1.33. The number of nitrogens with zero attached hydrogens (tertiary/aromatic N) is 1. The standard InChI is InChI=1S/C39H25N/c1-2-7-26(8-3-1)27-13-15-28(16-14-27)36-25-37(33-12-5-4-11-32(33)29-21-23-40-24-22-29)35-20-18-31-10-6-9-30-17-19-34(36)39(35)38(30)31/h1-25H. The van der Waals surface area contributed by atoms with Crippen LogP contribution in [-0.2, 0) is 0 Å². The lowest BCUT2D eigenvalue weighted by Crippen LogP contribution is -1.92. The summed E-state index contributed by atoms with van der Waals surface area (Å²) in [4.78, 5) is 4.26. The van der Waals surface area contributed by atoms with Gasteiger partial charge >= 0.3 is 0 Å². The van der Waals surface area contributed by atoms with E-state index in [2.05, 4.69) is 145 Å². The van der Waals surface area contributed by atoms with Crippen LogP contribution in [-0.4, -0.2) is 4.98 Å². The molecule has 8 rings (SSSR count). The molecule has 0 N–H and O–H groups in total. The Labute approximate surface area is 233 Å². The molecule has 1 aromatic heterocycles. The molecule has 0 aliphatic heterocycles. The first-order valence-electron chi connectivity index (χ1n) is 13.7. The Balaban J connectivity index is 1.44. The smallest absolute Gasteiger partial charge is 0.0273 e. The molecule has 7 aromatic carbocycles. The SMILES string of the molecule is c1ccc(-c2ccc(-c3cc(-c4ccccc4-c4ccncc4)c4ccc5cccc6ccc3c4c65)cc2)cc1. The molecule has 8 aromatic rings. The molecule has 0 aliphatic rings. The summed E-state index contributed by atoms with van der Waals surface area (Å²) in [6.45, 7) is 0. The van der Waals surface area contributed by atoms with E-state index in [4.69, 9.17) is 0 Å². The van der Waals surface area contributed by atoms with E-state index < -0.39 is 0 Å². The first kappa shape index (κ1) is 22.7. The van der Waals surface area contributed by atoms with Gasteiger partial charge in [-0.05, 0) is 95.0 Å². The molecule has 0 bridgehead atoms. The van der Waals surface area contributed by atoms with Crippen molar-refractivity contribution < 1.29 is 0 Å². The Morgan fingerprint density at radius 3 is 1.62 bits per heavy atom. The molecule has 0 saturated carbocycles. The van der Waals surface area contributed by atoms with E-state index in [0.717, 1.165) is 0 Å². The van der Waals surface area contributed by atoms with Crippen molar-refractivity contribution in [3.05, 3.63) is 152 Å². The Morgan fingerprint density at radius 2 is 0.900 bits per heavy atom. The quantitative estimate of drug-likeness (QED) is 0.216. The molecule has 0 atom stereocenters. The van der Waals surface area contributed by atoms with E-state index in [1.807, 2.05) is 12.4 Å². The molecule has 40 heavy (non-hydrogen) atoms. The summed E-state index contributed by atoms with van der Waals surface area (Å²) in [7, 11) is 0. The van der Waals surface area contributed by atoms with E-state index in [0.29, 0.717) is 0 Å². The molecule has 1 nitrogen and oxygen atoms in total. The Hall–Kier alpha value is -5.27. The van der Waals surface area contributed by atoms with Gasteiger partial charge in [-0.2, -0.15) is 0 Å². The molecule has 0 saturated heterocycles. The van der Waals surface area contributed by atoms with E-state index in [-0.39, 0.29) is 0 Å². The molecular weight excluding hydrogens is 482 g/mol. The second-order valence-electron chi connectivity index (χ2n) is 10.4. The van der Waals surface area contributed by atoms with Crippen LogP contribution in [0.4, 0.5) is 0 Å². The summed E-state index contributed by atoms with van der Waals surface area (Å²) in [5.41, 5.74) is 9.80. The molecule has 0 fully saturated rings. The van der Waals surface area contributed by atoms with Crippen LogP contribution in [0, 0.1) is 0 Å². The van der Waals surface area contributed by atoms with Crippen molar-refractivity contribution >= 4 is 32.3 Å². The minimum atomic E-state index is 1.17. The van der Waals surface area contributed by atoms with E-state index in [1.54, 1.807) is 0 Å². The first-order chi connectivity index (χ1) is 19.8. The van der Waals surface area contributed by atoms with Crippen LogP contribution < -0.4 is 0 Å². The van der Waals surface area contributed by atoms with Gasteiger partial charge in [-0.15, -0.1) is 0 Å². The highest BCUT2D eigenvalue weighted by Gasteiger charge is 2.18. The van der Waals surface area contributed by atoms with Crippen molar-refractivity contribution in [3.63, 3.8) is 0 Å². The van der Waals surface area contributed by atoms with Crippen molar-refractivity contribution in [2.45, 2.75) is 0 Å². The van der Waals surface area contributed by atoms with Crippen LogP contribution in [0.5, 0.6) is 0 Å². The van der Waals surface area contributed by atoms with Gasteiger partial charge in [-0.1, -0.05) is 121 Å². The van der Waals surface area contributed by atoms with Crippen LogP contribution in [0.25, 0.3) is 76.8 Å². The third-order valence-corrected chi connectivity index (χ3v) is 8.16. The van der Waals surface area contributed by atoms with Gasteiger partial charge in [-0.3, -0.25) is 4.98 Å². The summed E-state index contributed by atoms with van der Waals surface area (Å²) in [5.74, 6) is 0. The van der Waals surface area contributed by atoms with Crippen molar-refractivity contribution in [2.24, 2.45) is 0 Å². The third-order valence-electron chi connectivity index (χ3n) is 8.16. The maximum Gasteiger partial charge on any atom is 0.0273 e. The number of aromatic nitrogens is 1. The van der Waals surface area contributed by atoms with Gasteiger partial charge in [-0.25, -0.2) is 0 Å². The maximum atomic E-state index is 4.26. The molecule has 0 radical (unpaired) electrons. The van der Waals surface area contributed by atoms with Gasteiger partial charge < -0.3 is 0 Å². The van der Waals surface area contributed by atoms with Gasteiger partial charge in [0.25, 0.3) is 0 Å². The molecule has 0 spiro atoms. The minimum Gasteiger partial charge on any atom is -0.265 e. The Morgan fingerprint density at radius 1 is 0.325 bits per heavy atom. The fourth-order valence-electron chi connectivity index (χ4n) is 6.27. The van der Waals surface area contributed by atoms with E-state index in [1.165, 1.54) is 76.8 Å². The van der Waals surface area contributed by atoms with E-state index in [9.17, 15) is 0 Å². The summed E-state index contributed by atoms with van der Waals surface area (Å²) < 4.78 is 0. The minimum absolute atomic E-state index is 1.17. The van der Waals surface area contributed by atoms with Crippen molar-refractivity contribution in [3.8, 4) is 44.5 Å². The van der Waals surface area contributed by atoms with Crippen molar-refractivity contribution in [1.82, 2.24) is 4.98 Å². The number of hydrogen-bond acceptors (Lipinski definition) is 1. The van der Waals surface area contributed by atoms with Gasteiger partial charge in [0.15, 0.2) is 0 Å². The highest BCUT2D eigenvalue weighted by atomic mass is 14.6. The van der Waals surface area contributed by atoms with E-state index >= 15 is 0 Å². The maximum absolute atomic E-state index is 4.26. The molecule has 0 unspecified atom stereocenters. The highest BCUT2D eigenvalue weighted by Crippen LogP contribution is 2.45. The largest absolute Gasteiger partial charge is 0.265 e. The Kier molecular flexibility index (Phi) is 5.21. The topological polar surface area (TPSA) is 12.9 Å². The number of hydrogen-bond donors (Lipinski definition) is 0. The Bertz CT molecular complexity index is 2110. The average Bonchev–Trinajstić information content (AvgIpc) is 3.04. The normalized spacial score (nSPS) is 11.5. The molecule has 1 heteroatoms. The van der Waals surface area contributed by atoms with Crippen LogP contribution >= 0.6 is 0 Å². The predicted octanol–water partition coefficient (Wildman–Crippen LogP) is 10.6.